The lowest BCUT2D eigenvalue weighted by Crippen LogP contribution is -2.21. The van der Waals surface area contributed by atoms with E-state index in [1.54, 1.807) is 43.3 Å². The largest absolute Gasteiger partial charge is 0.421 e. The van der Waals surface area contributed by atoms with Crippen LogP contribution in [0.3, 0.4) is 0 Å². The van der Waals surface area contributed by atoms with Crippen molar-refractivity contribution in [1.82, 2.24) is 9.97 Å². The summed E-state index contributed by atoms with van der Waals surface area (Å²) in [6.45, 7) is 2.06. The molecule has 0 atom stereocenters. The fraction of sp³-hybridized carbons (Fsp3) is 0.238. The molecule has 152 valence electrons. The molecular formula is C21H20BrF3N4. The number of nitrogens with zero attached hydrogens (tertiary/aromatic N) is 4. The van der Waals surface area contributed by atoms with Crippen LogP contribution in [0.2, 0.25) is 0 Å². The normalized spacial score (nSPS) is 11.4. The van der Waals surface area contributed by atoms with Crippen LogP contribution in [0.5, 0.6) is 0 Å². The van der Waals surface area contributed by atoms with Gasteiger partial charge in [0.05, 0.1) is 0 Å². The molecule has 2 aromatic carbocycles. The first-order chi connectivity index (χ1) is 13.7. The van der Waals surface area contributed by atoms with Crippen molar-refractivity contribution in [3.05, 3.63) is 70.3 Å². The van der Waals surface area contributed by atoms with Gasteiger partial charge in [0, 0.05) is 36.1 Å². The van der Waals surface area contributed by atoms with Gasteiger partial charge in [-0.25, -0.2) is 4.98 Å². The molecule has 29 heavy (non-hydrogen) atoms. The third-order valence-corrected chi connectivity index (χ3v) is 5.15. The van der Waals surface area contributed by atoms with E-state index in [0.29, 0.717) is 5.69 Å². The van der Waals surface area contributed by atoms with Crippen molar-refractivity contribution in [2.75, 3.05) is 23.9 Å². The van der Waals surface area contributed by atoms with E-state index >= 15 is 0 Å². The summed E-state index contributed by atoms with van der Waals surface area (Å²) in [5.41, 5.74) is 1.66. The zero-order valence-corrected chi connectivity index (χ0v) is 17.8. The second kappa shape index (κ2) is 8.41. The number of rotatable bonds is 5. The van der Waals surface area contributed by atoms with Gasteiger partial charge in [-0.3, -0.25) is 0 Å². The smallest absolute Gasteiger partial charge is 0.329 e. The van der Waals surface area contributed by atoms with Gasteiger partial charge in [0.25, 0.3) is 0 Å². The highest BCUT2D eigenvalue weighted by atomic mass is 79.9. The van der Waals surface area contributed by atoms with Gasteiger partial charge >= 0.3 is 6.18 Å². The quantitative estimate of drug-likeness (QED) is 0.439. The maximum atomic E-state index is 13.6. The highest BCUT2D eigenvalue weighted by molar-refractivity contribution is 9.10. The SMILES string of the molecule is CCc1ccc(N(C)c2ncc(C(F)(F)F)c(N(C)c3ccc(Br)cc3)n2)cc1. The Kier molecular flexibility index (Phi) is 6.12. The van der Waals surface area contributed by atoms with Crippen LogP contribution >= 0.6 is 15.9 Å². The van der Waals surface area contributed by atoms with Crippen LogP contribution in [-0.4, -0.2) is 24.1 Å². The first kappa shape index (κ1) is 21.1. The van der Waals surface area contributed by atoms with Gasteiger partial charge in [0.1, 0.15) is 5.56 Å². The van der Waals surface area contributed by atoms with E-state index < -0.39 is 11.7 Å². The predicted molar refractivity (Wildman–Crippen MR) is 113 cm³/mol. The molecule has 0 aliphatic heterocycles. The zero-order valence-electron chi connectivity index (χ0n) is 16.2. The summed E-state index contributed by atoms with van der Waals surface area (Å²) in [6, 6.07) is 14.7. The van der Waals surface area contributed by atoms with Crippen LogP contribution < -0.4 is 9.80 Å². The Balaban J connectivity index is 2.04. The Labute approximate surface area is 176 Å². The minimum atomic E-state index is -4.57. The molecule has 0 aliphatic rings. The van der Waals surface area contributed by atoms with Crippen LogP contribution in [0.4, 0.5) is 36.3 Å². The molecule has 1 aromatic heterocycles. The fourth-order valence-electron chi connectivity index (χ4n) is 2.84. The number of halogens is 4. The van der Waals surface area contributed by atoms with Crippen LogP contribution in [0.15, 0.2) is 59.2 Å². The molecule has 1 heterocycles. The maximum absolute atomic E-state index is 13.6. The van der Waals surface area contributed by atoms with Gasteiger partial charge in [0.15, 0.2) is 5.82 Å². The van der Waals surface area contributed by atoms with Crippen LogP contribution in [0.25, 0.3) is 0 Å². The summed E-state index contributed by atoms with van der Waals surface area (Å²) in [4.78, 5) is 11.3. The molecule has 3 aromatic rings. The van der Waals surface area contributed by atoms with Gasteiger partial charge in [-0.05, 0) is 48.4 Å². The van der Waals surface area contributed by atoms with E-state index in [-0.39, 0.29) is 11.8 Å². The molecule has 0 N–H and O–H groups in total. The molecule has 0 amide bonds. The Morgan fingerprint density at radius 2 is 1.45 bits per heavy atom. The highest BCUT2D eigenvalue weighted by Gasteiger charge is 2.37. The van der Waals surface area contributed by atoms with Gasteiger partial charge in [-0.15, -0.1) is 0 Å². The average Bonchev–Trinajstić information content (AvgIpc) is 2.72. The lowest BCUT2D eigenvalue weighted by molar-refractivity contribution is -0.137. The Bertz CT molecular complexity index is 973. The molecule has 0 saturated heterocycles. The summed E-state index contributed by atoms with van der Waals surface area (Å²) >= 11 is 3.33. The molecule has 8 heteroatoms. The molecule has 4 nitrogen and oxygen atoms in total. The van der Waals surface area contributed by atoms with Gasteiger partial charge < -0.3 is 9.80 Å². The van der Waals surface area contributed by atoms with Crippen LogP contribution in [0, 0.1) is 0 Å². The minimum Gasteiger partial charge on any atom is -0.329 e. The number of anilines is 4. The second-order valence-corrected chi connectivity index (χ2v) is 7.44. The van der Waals surface area contributed by atoms with E-state index in [4.69, 9.17) is 0 Å². The van der Waals surface area contributed by atoms with Crippen molar-refractivity contribution in [2.24, 2.45) is 0 Å². The summed E-state index contributed by atoms with van der Waals surface area (Å²) in [5.74, 6) is -0.0249. The Morgan fingerprint density at radius 3 is 2.00 bits per heavy atom. The lowest BCUT2D eigenvalue weighted by Gasteiger charge is -2.25. The number of hydrogen-bond donors (Lipinski definition) is 0. The topological polar surface area (TPSA) is 32.3 Å². The molecule has 0 fully saturated rings. The minimum absolute atomic E-state index is 0.182. The zero-order chi connectivity index (χ0) is 21.2. The number of hydrogen-bond acceptors (Lipinski definition) is 4. The molecule has 0 unspecified atom stereocenters. The van der Waals surface area contributed by atoms with Crippen molar-refractivity contribution in [1.29, 1.82) is 0 Å². The Hall–Kier alpha value is -2.61. The molecule has 0 radical (unpaired) electrons. The molecule has 0 spiro atoms. The van der Waals surface area contributed by atoms with Crippen LogP contribution in [0.1, 0.15) is 18.1 Å². The average molecular weight is 465 g/mol. The number of aryl methyl sites for hydroxylation is 1. The summed E-state index contributed by atoms with van der Waals surface area (Å²) in [5, 5.41) is 0. The number of alkyl halides is 3. The summed E-state index contributed by atoms with van der Waals surface area (Å²) < 4.78 is 41.6. The third-order valence-electron chi connectivity index (χ3n) is 4.62. The molecule has 0 saturated carbocycles. The molecular weight excluding hydrogens is 445 g/mol. The monoisotopic (exact) mass is 464 g/mol. The van der Waals surface area contributed by atoms with E-state index in [9.17, 15) is 13.2 Å². The van der Waals surface area contributed by atoms with Gasteiger partial charge in [0.2, 0.25) is 5.95 Å². The second-order valence-electron chi connectivity index (χ2n) is 6.52. The molecule has 3 rings (SSSR count). The van der Waals surface area contributed by atoms with Crippen molar-refractivity contribution in [2.45, 2.75) is 19.5 Å². The van der Waals surface area contributed by atoms with E-state index in [1.165, 1.54) is 10.5 Å². The van der Waals surface area contributed by atoms with Crippen LogP contribution in [-0.2, 0) is 12.6 Å². The van der Waals surface area contributed by atoms with Gasteiger partial charge in [-0.2, -0.15) is 18.2 Å². The first-order valence-electron chi connectivity index (χ1n) is 8.97. The number of benzene rings is 2. The van der Waals surface area contributed by atoms with Crippen molar-refractivity contribution < 1.29 is 13.2 Å². The van der Waals surface area contributed by atoms with E-state index in [2.05, 4.69) is 32.8 Å². The highest BCUT2D eigenvalue weighted by Crippen LogP contribution is 2.38. The van der Waals surface area contributed by atoms with E-state index in [1.807, 2.05) is 24.3 Å². The van der Waals surface area contributed by atoms with Crippen molar-refractivity contribution >= 4 is 39.1 Å². The summed E-state index contributed by atoms with van der Waals surface area (Å²) in [7, 11) is 3.29. The van der Waals surface area contributed by atoms with Crippen molar-refractivity contribution in [3.8, 4) is 0 Å². The third kappa shape index (κ3) is 4.70. The first-order valence-corrected chi connectivity index (χ1v) is 9.76. The van der Waals surface area contributed by atoms with Crippen molar-refractivity contribution in [3.63, 3.8) is 0 Å². The summed E-state index contributed by atoms with van der Waals surface area (Å²) in [6.07, 6.45) is -2.83. The standard InChI is InChI=1S/C21H20BrF3N4/c1-4-14-5-9-17(10-6-14)29(3)20-26-13-18(21(23,24)25)19(27-20)28(2)16-11-7-15(22)8-12-16/h5-13H,4H2,1-3H3. The predicted octanol–water partition coefficient (Wildman–Crippen LogP) is 6.36. The molecule has 0 bridgehead atoms. The maximum Gasteiger partial charge on any atom is 0.421 e. The van der Waals surface area contributed by atoms with E-state index in [0.717, 1.165) is 22.8 Å². The molecule has 0 aliphatic carbocycles. The Morgan fingerprint density at radius 1 is 0.897 bits per heavy atom. The fourth-order valence-corrected chi connectivity index (χ4v) is 3.10. The lowest BCUT2D eigenvalue weighted by atomic mass is 10.1. The number of aromatic nitrogens is 2. The van der Waals surface area contributed by atoms with Gasteiger partial charge in [-0.1, -0.05) is 35.0 Å².